The van der Waals surface area contributed by atoms with Crippen molar-refractivity contribution in [2.75, 3.05) is 0 Å². The maximum absolute atomic E-state index is 4.99. The molecule has 10 rings (SSSR count). The van der Waals surface area contributed by atoms with Crippen molar-refractivity contribution in [1.29, 1.82) is 0 Å². The molecule has 46 heavy (non-hydrogen) atoms. The minimum absolute atomic E-state index is 1.02. The van der Waals surface area contributed by atoms with E-state index >= 15 is 0 Å². The van der Waals surface area contributed by atoms with Crippen molar-refractivity contribution in [3.8, 4) is 22.5 Å². The molecule has 0 radical (unpaired) electrons. The van der Waals surface area contributed by atoms with Crippen molar-refractivity contribution in [2.24, 2.45) is 0 Å². The van der Waals surface area contributed by atoms with Crippen LogP contribution in [-0.4, -0.2) is 14.1 Å². The third-order valence-electron chi connectivity index (χ3n) is 9.51. The van der Waals surface area contributed by atoms with E-state index in [1.165, 1.54) is 59.8 Å². The van der Waals surface area contributed by atoms with E-state index in [9.17, 15) is 0 Å². The standard InChI is InChI=1S/C43H27N3/c1-3-12-30(13-4-1)45-39-19-9-7-16-32(39)37-24-28(21-22-41(37)45)36-25-29-26-42-38(27-35(29)34-18-11-23-44-43(34)36)33-17-8-10-20-40(33)46(42)31-14-5-2-6-15-31/h1-27H. The Balaban J connectivity index is 1.28. The molecule has 0 fully saturated rings. The lowest BCUT2D eigenvalue weighted by Crippen LogP contribution is -1.94. The molecule has 3 heteroatoms. The molecule has 10 aromatic rings. The molecule has 0 atom stereocenters. The van der Waals surface area contributed by atoms with Crippen LogP contribution in [0.15, 0.2) is 164 Å². The average Bonchev–Trinajstić information content (AvgIpc) is 3.63. The van der Waals surface area contributed by atoms with Gasteiger partial charge in [-0.05, 0) is 89.1 Å². The van der Waals surface area contributed by atoms with Crippen molar-refractivity contribution in [3.63, 3.8) is 0 Å². The summed E-state index contributed by atoms with van der Waals surface area (Å²) in [7, 11) is 0. The van der Waals surface area contributed by atoms with Gasteiger partial charge in [0, 0.05) is 50.1 Å². The van der Waals surface area contributed by atoms with Gasteiger partial charge in [-0.15, -0.1) is 0 Å². The van der Waals surface area contributed by atoms with Gasteiger partial charge in [0.1, 0.15) is 0 Å². The van der Waals surface area contributed by atoms with E-state index in [1.54, 1.807) is 0 Å². The first-order valence-corrected chi connectivity index (χ1v) is 15.7. The lowest BCUT2D eigenvalue weighted by atomic mass is 9.94. The second-order valence-electron chi connectivity index (χ2n) is 12.0. The zero-order chi connectivity index (χ0) is 30.2. The van der Waals surface area contributed by atoms with E-state index in [2.05, 4.69) is 167 Å². The molecule has 0 bridgehead atoms. The first kappa shape index (κ1) is 25.2. The van der Waals surface area contributed by atoms with Gasteiger partial charge in [0.25, 0.3) is 0 Å². The Hall–Kier alpha value is -6.19. The molecule has 214 valence electrons. The van der Waals surface area contributed by atoms with E-state index in [4.69, 9.17) is 4.98 Å². The first-order chi connectivity index (χ1) is 22.8. The van der Waals surface area contributed by atoms with E-state index < -0.39 is 0 Å². The van der Waals surface area contributed by atoms with Crippen molar-refractivity contribution in [1.82, 2.24) is 14.1 Å². The second kappa shape index (κ2) is 9.65. The second-order valence-corrected chi connectivity index (χ2v) is 12.0. The van der Waals surface area contributed by atoms with E-state index in [0.717, 1.165) is 28.0 Å². The highest BCUT2D eigenvalue weighted by Gasteiger charge is 2.18. The summed E-state index contributed by atoms with van der Waals surface area (Å²) < 4.78 is 4.76. The minimum atomic E-state index is 1.02. The number of pyridine rings is 1. The Bertz CT molecular complexity index is 2790. The van der Waals surface area contributed by atoms with Gasteiger partial charge in [0.05, 0.1) is 27.6 Å². The zero-order valence-corrected chi connectivity index (χ0v) is 24.9. The smallest absolute Gasteiger partial charge is 0.0786 e. The topological polar surface area (TPSA) is 22.8 Å². The molecule has 0 saturated heterocycles. The molecule has 0 spiro atoms. The van der Waals surface area contributed by atoms with Gasteiger partial charge >= 0.3 is 0 Å². The summed E-state index contributed by atoms with van der Waals surface area (Å²) in [4.78, 5) is 4.99. The van der Waals surface area contributed by atoms with Crippen LogP contribution in [-0.2, 0) is 0 Å². The molecule has 0 N–H and O–H groups in total. The lowest BCUT2D eigenvalue weighted by Gasteiger charge is -2.13. The summed E-state index contributed by atoms with van der Waals surface area (Å²) in [6.45, 7) is 0. The van der Waals surface area contributed by atoms with Crippen LogP contribution < -0.4 is 0 Å². The lowest BCUT2D eigenvalue weighted by molar-refractivity contribution is 1.18. The van der Waals surface area contributed by atoms with Crippen LogP contribution in [0.2, 0.25) is 0 Å². The summed E-state index contributed by atoms with van der Waals surface area (Å²) in [5, 5.41) is 8.58. The monoisotopic (exact) mass is 585 g/mol. The summed E-state index contributed by atoms with van der Waals surface area (Å²) in [5.74, 6) is 0. The predicted molar refractivity (Wildman–Crippen MR) is 193 cm³/mol. The number of benzene rings is 7. The van der Waals surface area contributed by atoms with Gasteiger partial charge in [-0.3, -0.25) is 4.98 Å². The Kier molecular flexibility index (Phi) is 5.28. The number of hydrogen-bond acceptors (Lipinski definition) is 1. The van der Waals surface area contributed by atoms with Gasteiger partial charge in [-0.25, -0.2) is 0 Å². The molecule has 3 heterocycles. The van der Waals surface area contributed by atoms with Crippen LogP contribution >= 0.6 is 0 Å². The summed E-state index contributed by atoms with van der Waals surface area (Å²) in [5.41, 5.74) is 10.5. The van der Waals surface area contributed by atoms with Gasteiger partial charge < -0.3 is 9.13 Å². The Morgan fingerprint density at radius 1 is 0.370 bits per heavy atom. The number of rotatable bonds is 3. The molecule has 0 aliphatic rings. The molecule has 3 aromatic heterocycles. The summed E-state index contributed by atoms with van der Waals surface area (Å²) in [6.07, 6.45) is 1.91. The summed E-state index contributed by atoms with van der Waals surface area (Å²) in [6, 6.07) is 57.0. The maximum atomic E-state index is 4.99. The first-order valence-electron chi connectivity index (χ1n) is 15.7. The minimum Gasteiger partial charge on any atom is -0.309 e. The Morgan fingerprint density at radius 3 is 1.63 bits per heavy atom. The fourth-order valence-corrected chi connectivity index (χ4v) is 7.52. The number of fused-ring (bicyclic) bond motifs is 9. The molecule has 3 nitrogen and oxygen atoms in total. The SMILES string of the molecule is c1ccc(-n2c3ccccc3c3cc(-c4cc5cc6c(cc5c5cccnc45)c4ccccc4n6-c4ccccc4)ccc32)cc1. The van der Waals surface area contributed by atoms with Crippen LogP contribution in [0, 0.1) is 0 Å². The molecule has 0 amide bonds. The van der Waals surface area contributed by atoms with Gasteiger partial charge in [0.2, 0.25) is 0 Å². The molecule has 7 aromatic carbocycles. The van der Waals surface area contributed by atoms with Crippen LogP contribution in [0.4, 0.5) is 0 Å². The highest BCUT2D eigenvalue weighted by atomic mass is 15.0. The fourth-order valence-electron chi connectivity index (χ4n) is 7.52. The highest BCUT2D eigenvalue weighted by molar-refractivity contribution is 6.20. The highest BCUT2D eigenvalue weighted by Crippen LogP contribution is 2.41. The van der Waals surface area contributed by atoms with Crippen LogP contribution in [0.25, 0.3) is 87.8 Å². The number of aromatic nitrogens is 3. The largest absolute Gasteiger partial charge is 0.309 e. The Morgan fingerprint density at radius 2 is 0.935 bits per heavy atom. The molecular weight excluding hydrogens is 558 g/mol. The molecular formula is C43H27N3. The number of hydrogen-bond donors (Lipinski definition) is 0. The fraction of sp³-hybridized carbons (Fsp3) is 0. The Labute approximate surface area is 265 Å². The van der Waals surface area contributed by atoms with E-state index in [0.29, 0.717) is 0 Å². The number of nitrogens with zero attached hydrogens (tertiary/aromatic N) is 3. The third-order valence-corrected chi connectivity index (χ3v) is 9.51. The molecule has 0 saturated carbocycles. The van der Waals surface area contributed by atoms with Gasteiger partial charge in [-0.2, -0.15) is 0 Å². The van der Waals surface area contributed by atoms with Crippen molar-refractivity contribution in [2.45, 2.75) is 0 Å². The third kappa shape index (κ3) is 3.57. The molecule has 0 unspecified atom stereocenters. The van der Waals surface area contributed by atoms with Crippen molar-refractivity contribution in [3.05, 3.63) is 164 Å². The average molecular weight is 586 g/mol. The predicted octanol–water partition coefficient (Wildman–Crippen LogP) is 11.2. The zero-order valence-electron chi connectivity index (χ0n) is 24.9. The van der Waals surface area contributed by atoms with Crippen molar-refractivity contribution >= 4 is 65.3 Å². The van der Waals surface area contributed by atoms with Crippen LogP contribution in [0.5, 0.6) is 0 Å². The van der Waals surface area contributed by atoms with E-state index in [1.807, 2.05) is 6.20 Å². The van der Waals surface area contributed by atoms with E-state index in [-0.39, 0.29) is 0 Å². The van der Waals surface area contributed by atoms with Gasteiger partial charge in [0.15, 0.2) is 0 Å². The van der Waals surface area contributed by atoms with Gasteiger partial charge in [-0.1, -0.05) is 84.9 Å². The van der Waals surface area contributed by atoms with Crippen molar-refractivity contribution < 1.29 is 0 Å². The van der Waals surface area contributed by atoms with Crippen LogP contribution in [0.3, 0.4) is 0 Å². The quantitative estimate of drug-likeness (QED) is 0.189. The van der Waals surface area contributed by atoms with Crippen LogP contribution in [0.1, 0.15) is 0 Å². The molecule has 0 aliphatic carbocycles. The summed E-state index contributed by atoms with van der Waals surface area (Å²) >= 11 is 0. The molecule has 0 aliphatic heterocycles. The normalized spacial score (nSPS) is 11.9. The maximum Gasteiger partial charge on any atom is 0.0786 e. The number of para-hydroxylation sites is 4.